The molecule has 1 heterocycles. The molecule has 21 heavy (non-hydrogen) atoms. The highest BCUT2D eigenvalue weighted by Crippen LogP contribution is 2.40. The Balaban J connectivity index is 1.58. The van der Waals surface area contributed by atoms with Crippen LogP contribution in [0.4, 0.5) is 0 Å². The van der Waals surface area contributed by atoms with Gasteiger partial charge in [-0.25, -0.2) is 0 Å². The van der Waals surface area contributed by atoms with Gasteiger partial charge in [-0.1, -0.05) is 12.1 Å². The summed E-state index contributed by atoms with van der Waals surface area (Å²) >= 11 is 0. The van der Waals surface area contributed by atoms with Crippen LogP contribution in [0.3, 0.4) is 0 Å². The Morgan fingerprint density at radius 1 is 1.24 bits per heavy atom. The topological polar surface area (TPSA) is 26.2 Å². The lowest BCUT2D eigenvalue weighted by atomic mass is 10.1. The second kappa shape index (κ2) is 6.35. The van der Waals surface area contributed by atoms with E-state index in [1.807, 2.05) is 12.1 Å². The van der Waals surface area contributed by atoms with Gasteiger partial charge in [0.05, 0.1) is 7.11 Å². The van der Waals surface area contributed by atoms with E-state index in [0.717, 1.165) is 24.6 Å². The maximum absolute atomic E-state index is 5.19. The lowest BCUT2D eigenvalue weighted by Gasteiger charge is -2.13. The average Bonchev–Trinajstić information content (AvgIpc) is 3.25. The van der Waals surface area contributed by atoms with Crippen molar-refractivity contribution in [3.05, 3.63) is 53.9 Å². The molecule has 3 heteroatoms. The van der Waals surface area contributed by atoms with Crippen LogP contribution < -0.4 is 10.1 Å². The molecule has 112 valence electrons. The van der Waals surface area contributed by atoms with Gasteiger partial charge in [0.2, 0.25) is 0 Å². The number of nitrogens with zero attached hydrogens (tertiary/aromatic N) is 1. The van der Waals surface area contributed by atoms with E-state index in [1.54, 1.807) is 7.11 Å². The third kappa shape index (κ3) is 3.48. The first-order valence-corrected chi connectivity index (χ1v) is 7.76. The molecule has 1 saturated carbocycles. The Bertz CT molecular complexity index is 569. The highest BCUT2D eigenvalue weighted by molar-refractivity contribution is 5.27. The summed E-state index contributed by atoms with van der Waals surface area (Å²) in [6, 6.07) is 11.1. The van der Waals surface area contributed by atoms with E-state index in [-0.39, 0.29) is 0 Å². The largest absolute Gasteiger partial charge is 0.497 e. The van der Waals surface area contributed by atoms with Crippen molar-refractivity contribution in [2.45, 2.75) is 31.8 Å². The fourth-order valence-electron chi connectivity index (χ4n) is 2.94. The summed E-state index contributed by atoms with van der Waals surface area (Å²) in [6.07, 6.45) is 8.27. The number of aromatic nitrogens is 1. The molecular weight excluding hydrogens is 260 g/mol. The van der Waals surface area contributed by atoms with Crippen molar-refractivity contribution >= 4 is 0 Å². The van der Waals surface area contributed by atoms with Gasteiger partial charge in [0.25, 0.3) is 0 Å². The molecule has 1 unspecified atom stereocenters. The Kier molecular flexibility index (Phi) is 4.30. The van der Waals surface area contributed by atoms with Crippen LogP contribution in [-0.2, 0) is 13.0 Å². The van der Waals surface area contributed by atoms with Crippen molar-refractivity contribution in [3.63, 3.8) is 0 Å². The first-order chi connectivity index (χ1) is 10.3. The molecule has 1 atom stereocenters. The summed E-state index contributed by atoms with van der Waals surface area (Å²) in [5.74, 6) is 1.76. The van der Waals surface area contributed by atoms with Crippen LogP contribution in [-0.4, -0.2) is 18.7 Å². The Morgan fingerprint density at radius 3 is 2.62 bits per heavy atom. The fraction of sp³-hybridized carbons (Fsp3) is 0.444. The van der Waals surface area contributed by atoms with E-state index in [0.29, 0.717) is 6.04 Å². The lowest BCUT2D eigenvalue weighted by Crippen LogP contribution is -2.17. The van der Waals surface area contributed by atoms with Crippen LogP contribution in [0.1, 0.15) is 30.0 Å². The molecule has 0 bridgehead atoms. The number of rotatable bonds is 7. The number of nitrogens with one attached hydrogen (secondary N) is 1. The molecule has 0 aliphatic heterocycles. The van der Waals surface area contributed by atoms with Crippen molar-refractivity contribution in [3.8, 4) is 5.75 Å². The maximum Gasteiger partial charge on any atom is 0.118 e. The van der Waals surface area contributed by atoms with Gasteiger partial charge in [-0.05, 0) is 61.6 Å². The summed E-state index contributed by atoms with van der Waals surface area (Å²) in [7, 11) is 3.77. The second-order valence-corrected chi connectivity index (χ2v) is 5.88. The highest BCUT2D eigenvalue weighted by atomic mass is 16.5. The van der Waals surface area contributed by atoms with E-state index < -0.39 is 0 Å². The Morgan fingerprint density at radius 2 is 2.00 bits per heavy atom. The molecule has 3 rings (SSSR count). The van der Waals surface area contributed by atoms with Gasteiger partial charge in [0.15, 0.2) is 0 Å². The first kappa shape index (κ1) is 14.2. The summed E-state index contributed by atoms with van der Waals surface area (Å²) in [6.45, 7) is 1.02. The molecular formula is C18H24N2O. The maximum atomic E-state index is 5.19. The fourth-order valence-corrected chi connectivity index (χ4v) is 2.94. The third-order valence-electron chi connectivity index (χ3n) is 4.35. The minimum Gasteiger partial charge on any atom is -0.497 e. The van der Waals surface area contributed by atoms with Gasteiger partial charge in [-0.2, -0.15) is 0 Å². The van der Waals surface area contributed by atoms with Crippen LogP contribution in [0.15, 0.2) is 42.7 Å². The molecule has 0 spiro atoms. The van der Waals surface area contributed by atoms with E-state index in [2.05, 4.69) is 47.5 Å². The smallest absolute Gasteiger partial charge is 0.118 e. The molecule has 1 aliphatic carbocycles. The predicted molar refractivity (Wildman–Crippen MR) is 85.7 cm³/mol. The van der Waals surface area contributed by atoms with E-state index >= 15 is 0 Å². The Labute approximate surface area is 126 Å². The van der Waals surface area contributed by atoms with E-state index in [1.165, 1.54) is 24.0 Å². The number of hydrogen-bond donors (Lipinski definition) is 1. The van der Waals surface area contributed by atoms with Crippen LogP contribution in [0.5, 0.6) is 5.75 Å². The SMILES string of the molecule is CNC(c1ccn(CCc2ccc(OC)cc2)c1)C1CC1. The van der Waals surface area contributed by atoms with Gasteiger partial charge < -0.3 is 14.6 Å². The van der Waals surface area contributed by atoms with Crippen LogP contribution in [0.25, 0.3) is 0 Å². The third-order valence-corrected chi connectivity index (χ3v) is 4.35. The van der Waals surface area contributed by atoms with Gasteiger partial charge in [0.1, 0.15) is 5.75 Å². The van der Waals surface area contributed by atoms with E-state index in [9.17, 15) is 0 Å². The van der Waals surface area contributed by atoms with Crippen LogP contribution in [0.2, 0.25) is 0 Å². The van der Waals surface area contributed by atoms with Crippen molar-refractivity contribution in [2.75, 3.05) is 14.2 Å². The summed E-state index contributed by atoms with van der Waals surface area (Å²) in [5, 5.41) is 3.45. The van der Waals surface area contributed by atoms with Crippen LogP contribution in [0, 0.1) is 5.92 Å². The van der Waals surface area contributed by atoms with Crippen LogP contribution >= 0.6 is 0 Å². The molecule has 1 fully saturated rings. The molecule has 3 nitrogen and oxygen atoms in total. The zero-order valence-electron chi connectivity index (χ0n) is 12.9. The molecule has 1 aliphatic rings. The van der Waals surface area contributed by atoms with E-state index in [4.69, 9.17) is 4.74 Å². The standard InChI is InChI=1S/C18H24N2O/c1-19-18(15-5-6-15)16-10-12-20(13-16)11-9-14-3-7-17(21-2)8-4-14/h3-4,7-8,10,12-13,15,18-19H,5-6,9,11H2,1-2H3. The zero-order valence-corrected chi connectivity index (χ0v) is 12.9. The number of methoxy groups -OCH3 is 1. The van der Waals surface area contributed by atoms with Gasteiger partial charge >= 0.3 is 0 Å². The van der Waals surface area contributed by atoms with Crippen molar-refractivity contribution < 1.29 is 4.74 Å². The van der Waals surface area contributed by atoms with Gasteiger partial charge in [-0.15, -0.1) is 0 Å². The van der Waals surface area contributed by atoms with Crippen molar-refractivity contribution in [2.24, 2.45) is 5.92 Å². The number of benzene rings is 1. The minimum absolute atomic E-state index is 0.534. The second-order valence-electron chi connectivity index (χ2n) is 5.88. The predicted octanol–water partition coefficient (Wildman–Crippen LogP) is 3.41. The highest BCUT2D eigenvalue weighted by Gasteiger charge is 2.31. The summed E-state index contributed by atoms with van der Waals surface area (Å²) in [4.78, 5) is 0. The number of hydrogen-bond acceptors (Lipinski definition) is 2. The monoisotopic (exact) mass is 284 g/mol. The molecule has 0 amide bonds. The molecule has 1 N–H and O–H groups in total. The zero-order chi connectivity index (χ0) is 14.7. The normalized spacial score (nSPS) is 15.9. The average molecular weight is 284 g/mol. The minimum atomic E-state index is 0.534. The Hall–Kier alpha value is -1.74. The first-order valence-electron chi connectivity index (χ1n) is 7.76. The number of aryl methyl sites for hydroxylation is 2. The van der Waals surface area contributed by atoms with Crippen molar-refractivity contribution in [1.82, 2.24) is 9.88 Å². The van der Waals surface area contributed by atoms with Crippen molar-refractivity contribution in [1.29, 1.82) is 0 Å². The molecule has 0 saturated heterocycles. The molecule has 1 aromatic heterocycles. The molecule has 1 aromatic carbocycles. The summed E-state index contributed by atoms with van der Waals surface area (Å²) in [5.41, 5.74) is 2.77. The molecule has 0 radical (unpaired) electrons. The lowest BCUT2D eigenvalue weighted by molar-refractivity contribution is 0.414. The van der Waals surface area contributed by atoms with Gasteiger partial charge in [0, 0.05) is 25.0 Å². The number of ether oxygens (including phenoxy) is 1. The molecule has 2 aromatic rings. The quantitative estimate of drug-likeness (QED) is 0.843. The summed E-state index contributed by atoms with van der Waals surface area (Å²) < 4.78 is 7.49. The van der Waals surface area contributed by atoms with Gasteiger partial charge in [-0.3, -0.25) is 0 Å².